The van der Waals surface area contributed by atoms with Gasteiger partial charge >= 0.3 is 5.97 Å². The Morgan fingerprint density at radius 1 is 1.17 bits per heavy atom. The number of benzene rings is 2. The van der Waals surface area contributed by atoms with Crippen LogP contribution in [0.2, 0.25) is 0 Å². The molecule has 0 aromatic heterocycles. The molecule has 2 aliphatic rings. The van der Waals surface area contributed by atoms with Gasteiger partial charge in [0.1, 0.15) is 6.61 Å². The van der Waals surface area contributed by atoms with Crippen LogP contribution in [0.15, 0.2) is 54.6 Å². The third-order valence-electron chi connectivity index (χ3n) is 5.12. The lowest BCUT2D eigenvalue weighted by Crippen LogP contribution is -2.54. The summed E-state index contributed by atoms with van der Waals surface area (Å²) >= 11 is 0. The SMILES string of the molecule is O=C(CN1CCCNc2ccccc21)N[C@@]1(OCc2ccccc2)COC(=O)C1. The number of nitrogens with one attached hydrogen (secondary N) is 2. The average molecular weight is 395 g/mol. The molecule has 0 bridgehead atoms. The van der Waals surface area contributed by atoms with Crippen molar-refractivity contribution in [2.75, 3.05) is 36.5 Å². The van der Waals surface area contributed by atoms with Gasteiger partial charge in [-0.1, -0.05) is 42.5 Å². The van der Waals surface area contributed by atoms with Crippen molar-refractivity contribution in [2.24, 2.45) is 0 Å². The number of rotatable bonds is 6. The number of ether oxygens (including phenoxy) is 2. The summed E-state index contributed by atoms with van der Waals surface area (Å²) in [5, 5.41) is 6.31. The van der Waals surface area contributed by atoms with Gasteiger partial charge in [-0.15, -0.1) is 0 Å². The summed E-state index contributed by atoms with van der Waals surface area (Å²) in [4.78, 5) is 26.7. The Morgan fingerprint density at radius 3 is 2.76 bits per heavy atom. The maximum Gasteiger partial charge on any atom is 0.311 e. The van der Waals surface area contributed by atoms with Crippen molar-refractivity contribution in [1.82, 2.24) is 5.32 Å². The fraction of sp³-hybridized carbons (Fsp3) is 0.364. The second kappa shape index (κ2) is 8.53. The number of carbonyl (C=O) groups is 2. The highest BCUT2D eigenvalue weighted by Gasteiger charge is 2.43. The predicted octanol–water partition coefficient (Wildman–Crippen LogP) is 2.28. The smallest absolute Gasteiger partial charge is 0.311 e. The summed E-state index contributed by atoms with van der Waals surface area (Å²) in [6.45, 7) is 2.12. The van der Waals surface area contributed by atoms with Crippen LogP contribution in [0.5, 0.6) is 0 Å². The van der Waals surface area contributed by atoms with Gasteiger partial charge in [0.25, 0.3) is 0 Å². The van der Waals surface area contributed by atoms with Crippen LogP contribution in [0, 0.1) is 0 Å². The molecular formula is C22H25N3O4. The topological polar surface area (TPSA) is 79.9 Å². The lowest BCUT2D eigenvalue weighted by Gasteiger charge is -2.30. The molecule has 0 spiro atoms. The van der Waals surface area contributed by atoms with Crippen LogP contribution in [0.4, 0.5) is 11.4 Å². The van der Waals surface area contributed by atoms with Crippen molar-refractivity contribution >= 4 is 23.3 Å². The number of amides is 1. The third kappa shape index (κ3) is 4.68. The van der Waals surface area contributed by atoms with Gasteiger partial charge in [0.15, 0.2) is 5.72 Å². The monoisotopic (exact) mass is 395 g/mol. The number of fused-ring (bicyclic) bond motifs is 1. The summed E-state index contributed by atoms with van der Waals surface area (Å²) in [6, 6.07) is 17.6. The fourth-order valence-electron chi connectivity index (χ4n) is 3.68. The van der Waals surface area contributed by atoms with Crippen LogP contribution in [-0.2, 0) is 25.7 Å². The standard InChI is InChI=1S/C22H25N3O4/c26-20(14-25-12-6-11-23-18-9-4-5-10-19(18)25)24-22(13-21(27)28-16-22)29-15-17-7-2-1-3-8-17/h1-5,7-10,23H,6,11-16H2,(H,24,26)/t22-/m0/s1. The first-order valence-electron chi connectivity index (χ1n) is 9.86. The molecule has 2 N–H and O–H groups in total. The van der Waals surface area contributed by atoms with E-state index in [1.807, 2.05) is 59.5 Å². The van der Waals surface area contributed by atoms with Gasteiger partial charge in [0.2, 0.25) is 5.91 Å². The van der Waals surface area contributed by atoms with Gasteiger partial charge < -0.3 is 25.0 Å². The van der Waals surface area contributed by atoms with Gasteiger partial charge in [-0.2, -0.15) is 0 Å². The van der Waals surface area contributed by atoms with Crippen LogP contribution in [0.3, 0.4) is 0 Å². The molecule has 29 heavy (non-hydrogen) atoms. The molecule has 152 valence electrons. The van der Waals surface area contributed by atoms with Crippen molar-refractivity contribution in [3.8, 4) is 0 Å². The Balaban J connectivity index is 1.44. The van der Waals surface area contributed by atoms with E-state index in [0.29, 0.717) is 0 Å². The minimum Gasteiger partial charge on any atom is -0.460 e. The first-order chi connectivity index (χ1) is 14.1. The number of hydrogen-bond acceptors (Lipinski definition) is 6. The lowest BCUT2D eigenvalue weighted by molar-refractivity contribution is -0.138. The number of anilines is 2. The van der Waals surface area contributed by atoms with Crippen LogP contribution in [0.25, 0.3) is 0 Å². The third-order valence-corrected chi connectivity index (χ3v) is 5.12. The van der Waals surface area contributed by atoms with E-state index >= 15 is 0 Å². The number of esters is 1. The van der Waals surface area contributed by atoms with E-state index in [4.69, 9.17) is 9.47 Å². The summed E-state index contributed by atoms with van der Waals surface area (Å²) < 4.78 is 11.1. The Hall–Kier alpha value is -3.06. The molecule has 0 saturated carbocycles. The first kappa shape index (κ1) is 19.3. The molecule has 0 unspecified atom stereocenters. The van der Waals surface area contributed by atoms with Crippen LogP contribution in [-0.4, -0.2) is 43.8 Å². The predicted molar refractivity (Wildman–Crippen MR) is 109 cm³/mol. The number of carbonyl (C=O) groups excluding carboxylic acids is 2. The van der Waals surface area contributed by atoms with Crippen LogP contribution >= 0.6 is 0 Å². The molecule has 2 aromatic rings. The summed E-state index contributed by atoms with van der Waals surface area (Å²) in [5.74, 6) is -0.573. The van der Waals surface area contributed by atoms with Crippen molar-refractivity contribution in [3.63, 3.8) is 0 Å². The molecular weight excluding hydrogens is 370 g/mol. The fourth-order valence-corrected chi connectivity index (χ4v) is 3.68. The zero-order valence-corrected chi connectivity index (χ0v) is 16.2. The van der Waals surface area contributed by atoms with E-state index in [2.05, 4.69) is 10.6 Å². The summed E-state index contributed by atoms with van der Waals surface area (Å²) in [7, 11) is 0. The molecule has 1 saturated heterocycles. The zero-order chi connectivity index (χ0) is 20.1. The average Bonchev–Trinajstić information content (AvgIpc) is 2.97. The maximum absolute atomic E-state index is 12.9. The number of hydrogen-bond donors (Lipinski definition) is 2. The maximum atomic E-state index is 12.9. The molecule has 0 aliphatic carbocycles. The molecule has 2 aromatic carbocycles. The van der Waals surface area contributed by atoms with E-state index in [0.717, 1.165) is 36.4 Å². The Morgan fingerprint density at radius 2 is 1.97 bits per heavy atom. The van der Waals surface area contributed by atoms with Crippen molar-refractivity contribution in [3.05, 3.63) is 60.2 Å². The van der Waals surface area contributed by atoms with Gasteiger partial charge in [-0.05, 0) is 24.1 Å². The van der Waals surface area contributed by atoms with E-state index in [1.165, 1.54) is 0 Å². The quantitative estimate of drug-likeness (QED) is 0.577. The highest BCUT2D eigenvalue weighted by atomic mass is 16.6. The Labute approximate surface area is 170 Å². The molecule has 2 heterocycles. The Kier molecular flexibility index (Phi) is 5.67. The molecule has 1 atom stereocenters. The van der Waals surface area contributed by atoms with Crippen LogP contribution in [0.1, 0.15) is 18.4 Å². The number of cyclic esters (lactones) is 1. The minimum absolute atomic E-state index is 0.00369. The van der Waals surface area contributed by atoms with Gasteiger partial charge in [0.05, 0.1) is 30.9 Å². The molecule has 0 radical (unpaired) electrons. The second-order valence-corrected chi connectivity index (χ2v) is 7.37. The van der Waals surface area contributed by atoms with Gasteiger partial charge in [0, 0.05) is 13.1 Å². The lowest BCUT2D eigenvalue weighted by atomic mass is 10.1. The second-order valence-electron chi connectivity index (χ2n) is 7.37. The Bertz CT molecular complexity index is 873. The molecule has 7 nitrogen and oxygen atoms in total. The first-order valence-corrected chi connectivity index (χ1v) is 9.86. The summed E-state index contributed by atoms with van der Waals surface area (Å²) in [5.41, 5.74) is 1.85. The van der Waals surface area contributed by atoms with Crippen molar-refractivity contribution in [1.29, 1.82) is 0 Å². The molecule has 7 heteroatoms. The van der Waals surface area contributed by atoms with E-state index < -0.39 is 5.72 Å². The number of para-hydroxylation sites is 2. The molecule has 1 amide bonds. The van der Waals surface area contributed by atoms with Crippen molar-refractivity contribution in [2.45, 2.75) is 25.2 Å². The molecule has 4 rings (SSSR count). The summed E-state index contributed by atoms with van der Waals surface area (Å²) in [6.07, 6.45) is 0.933. The number of nitrogens with zero attached hydrogens (tertiary/aromatic N) is 1. The van der Waals surface area contributed by atoms with Gasteiger partial charge in [-0.3, -0.25) is 9.59 Å². The van der Waals surface area contributed by atoms with Gasteiger partial charge in [-0.25, -0.2) is 0 Å². The minimum atomic E-state index is -1.13. The van der Waals surface area contributed by atoms with Crippen LogP contribution < -0.4 is 15.5 Å². The largest absolute Gasteiger partial charge is 0.460 e. The highest BCUT2D eigenvalue weighted by molar-refractivity contribution is 5.85. The highest BCUT2D eigenvalue weighted by Crippen LogP contribution is 2.28. The molecule has 2 aliphatic heterocycles. The normalized spacial score (nSPS) is 21.0. The molecule has 1 fully saturated rings. The van der Waals surface area contributed by atoms with E-state index in [9.17, 15) is 9.59 Å². The zero-order valence-electron chi connectivity index (χ0n) is 16.2. The van der Waals surface area contributed by atoms with Crippen molar-refractivity contribution < 1.29 is 19.1 Å². The van der Waals surface area contributed by atoms with E-state index in [1.54, 1.807) is 0 Å². The van der Waals surface area contributed by atoms with E-state index in [-0.39, 0.29) is 38.1 Å².